The third-order valence-electron chi connectivity index (χ3n) is 7.49. The van der Waals surface area contributed by atoms with E-state index in [0.717, 1.165) is 64.6 Å². The maximum atomic E-state index is 12.2. The summed E-state index contributed by atoms with van der Waals surface area (Å²) in [6.07, 6.45) is 8.20. The first-order chi connectivity index (χ1) is 18.5. The Balaban J connectivity index is 0.000000937. The van der Waals surface area contributed by atoms with Gasteiger partial charge >= 0.3 is 0 Å². The Morgan fingerprint density at radius 2 is 1.87 bits per heavy atom. The Labute approximate surface area is 230 Å². The Morgan fingerprint density at radius 3 is 2.66 bits per heavy atom. The predicted molar refractivity (Wildman–Crippen MR) is 150 cm³/mol. The molecule has 2 amide bonds. The summed E-state index contributed by atoms with van der Waals surface area (Å²) in [5.41, 5.74) is 5.84. The van der Waals surface area contributed by atoms with Gasteiger partial charge in [-0.1, -0.05) is 11.6 Å². The monoisotopic (exact) mass is 554 g/mol. The fourth-order valence-corrected chi connectivity index (χ4v) is 7.22. The van der Waals surface area contributed by atoms with Crippen LogP contribution in [0.4, 0.5) is 5.69 Å². The SMILES string of the molecule is O=C1CCC(=O)N1Cc1cc2nccc(-c3cc(Cl)cc4c3N([C@@H]3CCCNCC3)CCC4)c2s1.O=CO. The lowest BCUT2D eigenvalue weighted by atomic mass is 9.91. The normalized spacial score (nSPS) is 19.7. The number of carbonyl (C=O) groups is 3. The van der Waals surface area contributed by atoms with Crippen molar-refractivity contribution in [2.24, 2.45) is 0 Å². The molecule has 0 saturated carbocycles. The van der Waals surface area contributed by atoms with Crippen LogP contribution in [0.15, 0.2) is 30.5 Å². The lowest BCUT2D eigenvalue weighted by Gasteiger charge is -2.39. The van der Waals surface area contributed by atoms with Gasteiger partial charge < -0.3 is 15.3 Å². The lowest BCUT2D eigenvalue weighted by Crippen LogP contribution is -2.40. The van der Waals surface area contributed by atoms with Crippen molar-refractivity contribution in [3.05, 3.63) is 45.9 Å². The van der Waals surface area contributed by atoms with Gasteiger partial charge in [0.15, 0.2) is 0 Å². The zero-order valence-corrected chi connectivity index (χ0v) is 22.7. The minimum Gasteiger partial charge on any atom is -0.483 e. The summed E-state index contributed by atoms with van der Waals surface area (Å²) in [6, 6.07) is 8.88. The zero-order chi connectivity index (χ0) is 26.6. The van der Waals surface area contributed by atoms with E-state index in [1.807, 2.05) is 12.3 Å². The predicted octanol–water partition coefficient (Wildman–Crippen LogP) is 4.86. The number of thiophene rings is 1. The first kappa shape index (κ1) is 26.6. The van der Waals surface area contributed by atoms with E-state index in [2.05, 4.69) is 33.4 Å². The van der Waals surface area contributed by atoms with Gasteiger partial charge in [0.05, 0.1) is 16.8 Å². The largest absolute Gasteiger partial charge is 0.483 e. The van der Waals surface area contributed by atoms with Gasteiger partial charge in [0.1, 0.15) is 0 Å². The Morgan fingerprint density at radius 1 is 1.08 bits per heavy atom. The summed E-state index contributed by atoms with van der Waals surface area (Å²) in [5.74, 6) is -0.170. The van der Waals surface area contributed by atoms with Crippen LogP contribution in [0.2, 0.25) is 5.02 Å². The molecule has 6 rings (SSSR count). The highest BCUT2D eigenvalue weighted by Crippen LogP contribution is 2.45. The second kappa shape index (κ2) is 11.8. The summed E-state index contributed by atoms with van der Waals surface area (Å²) in [4.78, 5) is 42.3. The number of nitrogens with zero attached hydrogens (tertiary/aromatic N) is 3. The van der Waals surface area contributed by atoms with Crippen LogP contribution in [0.1, 0.15) is 49.0 Å². The summed E-state index contributed by atoms with van der Waals surface area (Å²) in [6.45, 7) is 3.29. The van der Waals surface area contributed by atoms with Gasteiger partial charge in [-0.25, -0.2) is 0 Å². The molecule has 8 nitrogen and oxygen atoms in total. The minimum absolute atomic E-state index is 0.0851. The number of amides is 2. The number of likely N-dealkylation sites (tertiary alicyclic amines) is 1. The number of pyridine rings is 1. The fraction of sp³-hybridized carbons (Fsp3) is 0.429. The van der Waals surface area contributed by atoms with E-state index in [1.165, 1.54) is 34.6 Å². The molecule has 3 aromatic rings. The number of imide groups is 1. The van der Waals surface area contributed by atoms with E-state index in [0.29, 0.717) is 25.4 Å². The molecule has 0 unspecified atom stereocenters. The summed E-state index contributed by atoms with van der Waals surface area (Å²) < 4.78 is 1.08. The number of aryl methyl sites for hydroxylation is 1. The number of rotatable bonds is 4. The van der Waals surface area contributed by atoms with E-state index in [-0.39, 0.29) is 18.3 Å². The zero-order valence-electron chi connectivity index (χ0n) is 21.1. The second-order valence-corrected chi connectivity index (χ2v) is 11.4. The van der Waals surface area contributed by atoms with Crippen molar-refractivity contribution in [3.63, 3.8) is 0 Å². The molecular formula is C28H31ClN4O4S. The van der Waals surface area contributed by atoms with Crippen molar-refractivity contribution in [1.82, 2.24) is 15.2 Å². The van der Waals surface area contributed by atoms with Crippen LogP contribution in [0.5, 0.6) is 0 Å². The fourth-order valence-electron chi connectivity index (χ4n) is 5.85. The van der Waals surface area contributed by atoms with Crippen LogP contribution in [0.25, 0.3) is 21.3 Å². The molecule has 3 aliphatic heterocycles. The van der Waals surface area contributed by atoms with Gasteiger partial charge in [-0.05, 0) is 75.0 Å². The molecule has 10 heteroatoms. The Bertz CT molecular complexity index is 1340. The topological polar surface area (TPSA) is 103 Å². The molecule has 5 heterocycles. The number of carbonyl (C=O) groups excluding carboxylic acids is 2. The molecule has 2 aromatic heterocycles. The second-order valence-electron chi connectivity index (χ2n) is 9.86. The highest BCUT2D eigenvalue weighted by atomic mass is 35.5. The van der Waals surface area contributed by atoms with Crippen LogP contribution in [-0.2, 0) is 27.3 Å². The molecule has 38 heavy (non-hydrogen) atoms. The highest BCUT2D eigenvalue weighted by molar-refractivity contribution is 7.19. The minimum atomic E-state index is -0.250. The van der Waals surface area contributed by atoms with E-state index >= 15 is 0 Å². The number of fused-ring (bicyclic) bond motifs is 2. The quantitative estimate of drug-likeness (QED) is 0.350. The van der Waals surface area contributed by atoms with Crippen LogP contribution in [-0.4, -0.2) is 59.0 Å². The van der Waals surface area contributed by atoms with Gasteiger partial charge in [0, 0.05) is 58.3 Å². The highest BCUT2D eigenvalue weighted by Gasteiger charge is 2.31. The van der Waals surface area contributed by atoms with E-state index in [9.17, 15) is 9.59 Å². The maximum Gasteiger partial charge on any atom is 0.290 e. The van der Waals surface area contributed by atoms with Crippen molar-refractivity contribution in [1.29, 1.82) is 0 Å². The average Bonchev–Trinajstić information content (AvgIpc) is 3.33. The third-order valence-corrected chi connectivity index (χ3v) is 8.85. The molecule has 2 fully saturated rings. The average molecular weight is 555 g/mol. The van der Waals surface area contributed by atoms with Gasteiger partial charge in [0.2, 0.25) is 11.8 Å². The van der Waals surface area contributed by atoms with Gasteiger partial charge in [0.25, 0.3) is 6.47 Å². The molecular weight excluding hydrogens is 524 g/mol. The molecule has 1 atom stereocenters. The lowest BCUT2D eigenvalue weighted by molar-refractivity contribution is -0.139. The van der Waals surface area contributed by atoms with Gasteiger partial charge in [-0.3, -0.25) is 24.3 Å². The van der Waals surface area contributed by atoms with E-state index < -0.39 is 0 Å². The Hall–Kier alpha value is -3.01. The molecule has 200 valence electrons. The molecule has 2 saturated heterocycles. The van der Waals surface area contributed by atoms with Gasteiger partial charge in [-0.2, -0.15) is 0 Å². The van der Waals surface area contributed by atoms with E-state index in [4.69, 9.17) is 21.5 Å². The van der Waals surface area contributed by atoms with Gasteiger partial charge in [-0.15, -0.1) is 11.3 Å². The van der Waals surface area contributed by atoms with E-state index in [1.54, 1.807) is 11.3 Å². The molecule has 0 aliphatic carbocycles. The van der Waals surface area contributed by atoms with Crippen molar-refractivity contribution in [2.75, 3.05) is 24.5 Å². The number of carboxylic acid groups (broad SMARTS) is 1. The maximum absolute atomic E-state index is 12.2. The van der Waals surface area contributed by atoms with Crippen molar-refractivity contribution in [3.8, 4) is 11.1 Å². The first-order valence-electron chi connectivity index (χ1n) is 13.1. The van der Waals surface area contributed by atoms with Crippen LogP contribution in [0, 0.1) is 0 Å². The smallest absolute Gasteiger partial charge is 0.290 e. The number of benzene rings is 1. The molecule has 0 bridgehead atoms. The standard InChI is InChI=1S/C27H29ClN4O2S.CH2O2/c28-18-13-17-3-2-12-31(19-4-1-9-29-10-7-19)26(17)22(14-18)21-8-11-30-23-15-20(35-27(21)23)16-32-24(33)5-6-25(32)34;2-1-3/h8,11,13-15,19,29H,1-7,9-10,12,16H2;1H,(H,2,3)/t19-;/m1./s1. The number of anilines is 1. The van der Waals surface area contributed by atoms with Crippen LogP contribution in [0.3, 0.4) is 0 Å². The summed E-state index contributed by atoms with van der Waals surface area (Å²) in [5, 5.41) is 11.2. The van der Waals surface area contributed by atoms with Crippen molar-refractivity contribution >= 4 is 57.1 Å². The Kier molecular flexibility index (Phi) is 8.26. The van der Waals surface area contributed by atoms with Crippen LogP contribution < -0.4 is 10.2 Å². The molecule has 2 N–H and O–H groups in total. The third kappa shape index (κ3) is 5.41. The summed E-state index contributed by atoms with van der Waals surface area (Å²) in [7, 11) is 0. The van der Waals surface area contributed by atoms with Crippen molar-refractivity contribution in [2.45, 2.75) is 57.5 Å². The van der Waals surface area contributed by atoms with Crippen LogP contribution >= 0.6 is 22.9 Å². The number of aromatic nitrogens is 1. The number of halogens is 1. The molecule has 0 radical (unpaired) electrons. The number of nitrogens with one attached hydrogen (secondary N) is 1. The summed E-state index contributed by atoms with van der Waals surface area (Å²) >= 11 is 8.30. The first-order valence-corrected chi connectivity index (χ1v) is 14.3. The molecule has 0 spiro atoms. The number of hydrogen-bond acceptors (Lipinski definition) is 7. The van der Waals surface area contributed by atoms with Crippen molar-refractivity contribution < 1.29 is 19.5 Å². The molecule has 3 aliphatic rings. The molecule has 1 aromatic carbocycles. The number of hydrogen-bond donors (Lipinski definition) is 2.